The highest BCUT2D eigenvalue weighted by Gasteiger charge is 2.33. The van der Waals surface area contributed by atoms with Crippen LogP contribution in [0.5, 0.6) is 11.5 Å². The largest absolute Gasteiger partial charge is 0.457 e. The molecule has 0 aliphatic rings. The van der Waals surface area contributed by atoms with E-state index in [9.17, 15) is 27.6 Å². The first-order chi connectivity index (χ1) is 19.9. The molecular formula is C28H29ClF3N5O5. The number of nitrogens with zero attached hydrogens (tertiary/aromatic N) is 1. The quantitative estimate of drug-likeness (QED) is 0.0873. The molecule has 3 aromatic rings. The summed E-state index contributed by atoms with van der Waals surface area (Å²) in [5.74, 6) is -0.480. The highest BCUT2D eigenvalue weighted by Crippen LogP contribution is 2.36. The Morgan fingerprint density at radius 1 is 0.952 bits per heavy atom. The molecule has 0 saturated carbocycles. The normalized spacial score (nSPS) is 11.8. The molecule has 1 unspecified atom stereocenters. The fourth-order valence-corrected chi connectivity index (χ4v) is 4.22. The van der Waals surface area contributed by atoms with Gasteiger partial charge in [-0.25, -0.2) is 10.3 Å². The van der Waals surface area contributed by atoms with Crippen molar-refractivity contribution >= 4 is 40.8 Å². The van der Waals surface area contributed by atoms with Gasteiger partial charge in [0, 0.05) is 48.1 Å². The van der Waals surface area contributed by atoms with Gasteiger partial charge in [-0.2, -0.15) is 13.2 Å². The van der Waals surface area contributed by atoms with Gasteiger partial charge in [0.25, 0.3) is 0 Å². The third kappa shape index (κ3) is 10.2. The number of ether oxygens (including phenoxy) is 1. The number of urea groups is 1. The van der Waals surface area contributed by atoms with Gasteiger partial charge in [0.15, 0.2) is 0 Å². The number of nitrogens with one attached hydrogen (secondary N) is 3. The summed E-state index contributed by atoms with van der Waals surface area (Å²) in [4.78, 5) is 39.6. The Bertz CT molecular complexity index is 1390. The highest BCUT2D eigenvalue weighted by atomic mass is 35.5. The number of carbonyl (C=O) groups is 3. The molecule has 3 rings (SSSR count). The molecule has 0 spiro atoms. The second kappa shape index (κ2) is 15.0. The van der Waals surface area contributed by atoms with E-state index in [0.717, 1.165) is 12.1 Å². The lowest BCUT2D eigenvalue weighted by atomic mass is 9.95. The minimum atomic E-state index is -4.66. The fourth-order valence-electron chi connectivity index (χ4n) is 3.99. The van der Waals surface area contributed by atoms with Gasteiger partial charge in [0.1, 0.15) is 11.5 Å². The first kappa shape index (κ1) is 32.2. The number of rotatable bonds is 13. The van der Waals surface area contributed by atoms with Crippen molar-refractivity contribution in [3.8, 4) is 11.5 Å². The Kier molecular flexibility index (Phi) is 11.5. The second-order valence-corrected chi connectivity index (χ2v) is 9.73. The van der Waals surface area contributed by atoms with E-state index in [0.29, 0.717) is 55.0 Å². The number of alkyl halides is 3. The van der Waals surface area contributed by atoms with E-state index in [4.69, 9.17) is 27.3 Å². The maximum atomic E-state index is 13.1. The van der Waals surface area contributed by atoms with Crippen molar-refractivity contribution in [2.75, 3.05) is 10.6 Å². The lowest BCUT2D eigenvalue weighted by molar-refractivity contribution is -0.137. The second-order valence-electron chi connectivity index (χ2n) is 9.32. The summed E-state index contributed by atoms with van der Waals surface area (Å²) in [5, 5.41) is 12.9. The van der Waals surface area contributed by atoms with Crippen LogP contribution in [0, 0.1) is 5.92 Å². The first-order valence-corrected chi connectivity index (χ1v) is 13.2. The Balaban J connectivity index is 1.53. The van der Waals surface area contributed by atoms with E-state index in [1.54, 1.807) is 41.9 Å². The molecule has 14 heteroatoms. The Labute approximate surface area is 244 Å². The number of benzene rings is 2. The molecule has 0 aliphatic heterocycles. The molecule has 1 heterocycles. The molecule has 1 atom stereocenters. The van der Waals surface area contributed by atoms with Crippen LogP contribution in [0.3, 0.4) is 0 Å². The zero-order valence-corrected chi connectivity index (χ0v) is 23.0. The number of primary amides is 1. The number of hydrogen-bond donors (Lipinski definition) is 5. The average molecular weight is 608 g/mol. The van der Waals surface area contributed by atoms with Crippen LogP contribution >= 0.6 is 11.6 Å². The van der Waals surface area contributed by atoms with Crippen molar-refractivity contribution < 1.29 is 37.5 Å². The van der Waals surface area contributed by atoms with Crippen LogP contribution < -0.4 is 26.6 Å². The van der Waals surface area contributed by atoms with Gasteiger partial charge in [0.2, 0.25) is 11.8 Å². The molecule has 0 fully saturated rings. The minimum absolute atomic E-state index is 0.0802. The van der Waals surface area contributed by atoms with Crippen molar-refractivity contribution in [3.05, 3.63) is 77.1 Å². The van der Waals surface area contributed by atoms with E-state index in [2.05, 4.69) is 15.6 Å². The fraction of sp³-hybridized carbons (Fsp3) is 0.286. The number of nitrogens with two attached hydrogens (primary N) is 1. The molecule has 2 aromatic carbocycles. The first-order valence-electron chi connectivity index (χ1n) is 12.8. The van der Waals surface area contributed by atoms with Crippen molar-refractivity contribution in [2.24, 2.45) is 11.7 Å². The minimum Gasteiger partial charge on any atom is -0.457 e. The lowest BCUT2D eigenvalue weighted by Crippen LogP contribution is -2.25. The van der Waals surface area contributed by atoms with E-state index < -0.39 is 40.5 Å². The SMILES string of the molecule is NC(=O)C(CCCCCC(=O)NO)Cc1cc(Oc2ccc(NC(=O)Nc3ccc(Cl)c(C(F)(F)F)c3)cc2)ccn1. The lowest BCUT2D eigenvalue weighted by Gasteiger charge is -2.14. The van der Waals surface area contributed by atoms with Gasteiger partial charge in [-0.05, 0) is 61.4 Å². The molecule has 1 aromatic heterocycles. The predicted octanol–water partition coefficient (Wildman–Crippen LogP) is 6.29. The van der Waals surface area contributed by atoms with Crippen LogP contribution in [0.4, 0.5) is 29.3 Å². The molecule has 0 aliphatic carbocycles. The molecule has 0 radical (unpaired) electrons. The molecule has 0 bridgehead atoms. The highest BCUT2D eigenvalue weighted by molar-refractivity contribution is 6.31. The number of amides is 4. The van der Waals surface area contributed by atoms with Crippen LogP contribution in [0.15, 0.2) is 60.8 Å². The molecule has 42 heavy (non-hydrogen) atoms. The summed E-state index contributed by atoms with van der Waals surface area (Å²) in [6, 6.07) is 11.9. The standard InChI is InChI=1S/C28H29ClF3N5O5/c29-24-11-8-19(16-23(24)28(30,31)32)36-27(40)35-18-6-9-21(10-7-18)42-22-12-13-34-20(15-22)14-17(26(33)39)4-2-1-3-5-25(38)37-41/h6-13,15-17,41H,1-5,14H2,(H2,33,39)(H,37,38)(H2,35,36,40). The maximum Gasteiger partial charge on any atom is 0.417 e. The van der Waals surface area contributed by atoms with Crippen LogP contribution in [0.25, 0.3) is 0 Å². The Hall–Kier alpha value is -4.36. The predicted molar refractivity (Wildman–Crippen MR) is 149 cm³/mol. The molecule has 224 valence electrons. The summed E-state index contributed by atoms with van der Waals surface area (Å²) < 4.78 is 45.0. The van der Waals surface area contributed by atoms with E-state index >= 15 is 0 Å². The molecule has 0 saturated heterocycles. The number of unbranched alkanes of at least 4 members (excludes halogenated alkanes) is 2. The number of hydroxylamine groups is 1. The summed E-state index contributed by atoms with van der Waals surface area (Å²) >= 11 is 5.60. The number of carbonyl (C=O) groups excluding carboxylic acids is 3. The third-order valence-corrected chi connectivity index (χ3v) is 6.43. The number of hydrogen-bond acceptors (Lipinski definition) is 6. The Morgan fingerprint density at radius 2 is 1.64 bits per heavy atom. The van der Waals surface area contributed by atoms with E-state index in [1.807, 2.05) is 0 Å². The summed E-state index contributed by atoms with van der Waals surface area (Å²) in [6.07, 6.45) is -0.162. The van der Waals surface area contributed by atoms with E-state index in [1.165, 1.54) is 12.3 Å². The number of pyridine rings is 1. The van der Waals surface area contributed by atoms with E-state index in [-0.39, 0.29) is 12.1 Å². The monoisotopic (exact) mass is 607 g/mol. The average Bonchev–Trinajstić information content (AvgIpc) is 2.93. The van der Waals surface area contributed by atoms with Crippen LogP contribution in [-0.2, 0) is 22.2 Å². The summed E-state index contributed by atoms with van der Waals surface area (Å²) in [7, 11) is 0. The molecule has 6 N–H and O–H groups in total. The van der Waals surface area contributed by atoms with Crippen molar-refractivity contribution in [2.45, 2.75) is 44.7 Å². The number of halogens is 4. The maximum absolute atomic E-state index is 13.1. The zero-order valence-electron chi connectivity index (χ0n) is 22.2. The van der Waals surface area contributed by atoms with Gasteiger partial charge in [-0.1, -0.05) is 24.4 Å². The molecule has 4 amide bonds. The number of aromatic nitrogens is 1. The summed E-state index contributed by atoms with van der Waals surface area (Å²) in [5.41, 5.74) is 6.97. The Morgan fingerprint density at radius 3 is 2.31 bits per heavy atom. The third-order valence-electron chi connectivity index (χ3n) is 6.10. The van der Waals surface area contributed by atoms with Crippen LogP contribution in [0.2, 0.25) is 5.02 Å². The van der Waals surface area contributed by atoms with Crippen molar-refractivity contribution in [1.82, 2.24) is 10.5 Å². The molecular weight excluding hydrogens is 579 g/mol. The smallest absolute Gasteiger partial charge is 0.417 e. The number of anilines is 2. The van der Waals surface area contributed by atoms with Crippen LogP contribution in [-0.4, -0.2) is 28.0 Å². The zero-order chi connectivity index (χ0) is 30.7. The van der Waals surface area contributed by atoms with Crippen molar-refractivity contribution in [1.29, 1.82) is 0 Å². The van der Waals surface area contributed by atoms with Gasteiger partial charge < -0.3 is 21.1 Å². The van der Waals surface area contributed by atoms with Gasteiger partial charge in [-0.15, -0.1) is 0 Å². The van der Waals surface area contributed by atoms with Crippen molar-refractivity contribution in [3.63, 3.8) is 0 Å². The molecule has 10 nitrogen and oxygen atoms in total. The topological polar surface area (TPSA) is 156 Å². The van der Waals surface area contributed by atoms with Gasteiger partial charge in [0.05, 0.1) is 10.6 Å². The van der Waals surface area contributed by atoms with Gasteiger partial charge in [-0.3, -0.25) is 19.8 Å². The van der Waals surface area contributed by atoms with Crippen LogP contribution in [0.1, 0.15) is 43.4 Å². The summed E-state index contributed by atoms with van der Waals surface area (Å²) in [6.45, 7) is 0. The van der Waals surface area contributed by atoms with Gasteiger partial charge >= 0.3 is 12.2 Å².